The molecule has 2 rings (SSSR count). The molecule has 1 fully saturated rings. The number of nitrogens with zero attached hydrogens (tertiary/aromatic N) is 1. The van der Waals surface area contributed by atoms with Gasteiger partial charge in [0, 0.05) is 16.5 Å². The maximum absolute atomic E-state index is 11.5. The van der Waals surface area contributed by atoms with Crippen molar-refractivity contribution in [3.05, 3.63) is 35.9 Å². The van der Waals surface area contributed by atoms with Gasteiger partial charge in [0.15, 0.2) is 0 Å². The lowest BCUT2D eigenvalue weighted by Gasteiger charge is -2.38. The molecule has 1 aromatic rings. The predicted octanol–water partition coefficient (Wildman–Crippen LogP) is 3.26. The average molecular weight is 378 g/mol. The molecule has 0 bridgehead atoms. The summed E-state index contributed by atoms with van der Waals surface area (Å²) in [5, 5.41) is 0. The zero-order valence-corrected chi connectivity index (χ0v) is 13.2. The second-order valence-electron chi connectivity index (χ2n) is 4.83. The number of hydrogen-bond acceptors (Lipinski definition) is 1. The second kappa shape index (κ2) is 6.24. The summed E-state index contributed by atoms with van der Waals surface area (Å²) in [7, 11) is 0. The van der Waals surface area contributed by atoms with Crippen LogP contribution in [0.2, 0.25) is 0 Å². The highest BCUT2D eigenvalue weighted by atomic mass is 127. The van der Waals surface area contributed by atoms with Gasteiger partial charge < -0.3 is 4.90 Å². The maximum Gasteiger partial charge on any atom is 0.237 e. The molecule has 1 aliphatic rings. The molecule has 98 valence electrons. The molecule has 0 N–H and O–H groups in total. The van der Waals surface area contributed by atoms with Gasteiger partial charge in [-0.3, -0.25) is 4.79 Å². The Labute approximate surface area is 127 Å². The number of carbonyl (C=O) groups is 1. The fourth-order valence-corrected chi connectivity index (χ4v) is 3.47. The summed E-state index contributed by atoms with van der Waals surface area (Å²) in [6.45, 7) is 1.67. The predicted molar refractivity (Wildman–Crippen MR) is 83.4 cm³/mol. The number of carbonyl (C=O) groups excluding carboxylic acids is 1. The summed E-state index contributed by atoms with van der Waals surface area (Å²) < 4.78 is 0.280. The number of amides is 1. The standard InChI is InChI=1S/C14H17ClINO/c15-11-13(18)17-8-6-14(16,7-9-17)10-12-4-2-1-3-5-12/h1-5H,6-11H2. The summed E-state index contributed by atoms with van der Waals surface area (Å²) >= 11 is 8.16. The van der Waals surface area contributed by atoms with Gasteiger partial charge in [0.2, 0.25) is 5.91 Å². The number of benzene rings is 1. The lowest BCUT2D eigenvalue weighted by Crippen LogP contribution is -2.45. The van der Waals surface area contributed by atoms with Gasteiger partial charge in [-0.25, -0.2) is 0 Å². The minimum Gasteiger partial charge on any atom is -0.342 e. The first-order chi connectivity index (χ1) is 8.63. The first kappa shape index (κ1) is 14.1. The smallest absolute Gasteiger partial charge is 0.237 e. The fourth-order valence-electron chi connectivity index (χ4n) is 2.38. The molecule has 0 saturated carbocycles. The normalized spacial score (nSPS) is 18.7. The molecule has 1 aromatic carbocycles. The molecule has 1 saturated heterocycles. The van der Waals surface area contributed by atoms with Gasteiger partial charge in [-0.2, -0.15) is 0 Å². The van der Waals surface area contributed by atoms with E-state index < -0.39 is 0 Å². The topological polar surface area (TPSA) is 20.3 Å². The van der Waals surface area contributed by atoms with Crippen molar-refractivity contribution in [3.63, 3.8) is 0 Å². The van der Waals surface area contributed by atoms with Crippen molar-refractivity contribution in [3.8, 4) is 0 Å². The van der Waals surface area contributed by atoms with Crippen molar-refractivity contribution in [1.82, 2.24) is 4.90 Å². The van der Waals surface area contributed by atoms with Crippen molar-refractivity contribution in [1.29, 1.82) is 0 Å². The van der Waals surface area contributed by atoms with Crippen LogP contribution in [0.15, 0.2) is 30.3 Å². The Morgan fingerprint density at radius 3 is 2.44 bits per heavy atom. The third-order valence-corrected chi connectivity index (χ3v) is 5.18. The number of alkyl halides is 2. The molecule has 1 heterocycles. The number of piperidine rings is 1. The quantitative estimate of drug-likeness (QED) is 0.585. The molecule has 0 spiro atoms. The van der Waals surface area contributed by atoms with Gasteiger partial charge in [-0.05, 0) is 24.8 Å². The highest BCUT2D eigenvalue weighted by molar-refractivity contribution is 14.1. The van der Waals surface area contributed by atoms with Crippen LogP contribution in [0.1, 0.15) is 18.4 Å². The summed E-state index contributed by atoms with van der Waals surface area (Å²) in [6.07, 6.45) is 3.17. The van der Waals surface area contributed by atoms with E-state index >= 15 is 0 Å². The van der Waals surface area contributed by atoms with Crippen molar-refractivity contribution < 1.29 is 4.79 Å². The molecule has 18 heavy (non-hydrogen) atoms. The molecule has 2 nitrogen and oxygen atoms in total. The van der Waals surface area contributed by atoms with Gasteiger partial charge in [0.05, 0.1) is 0 Å². The maximum atomic E-state index is 11.5. The van der Waals surface area contributed by atoms with E-state index in [9.17, 15) is 4.79 Å². The summed E-state index contributed by atoms with van der Waals surface area (Å²) in [5.74, 6) is 0.169. The summed E-state index contributed by atoms with van der Waals surface area (Å²) in [5.41, 5.74) is 1.38. The minimum absolute atomic E-state index is 0.0647. The third kappa shape index (κ3) is 3.60. The van der Waals surface area contributed by atoms with Gasteiger partial charge in [0.1, 0.15) is 5.88 Å². The first-order valence-corrected chi connectivity index (χ1v) is 7.81. The van der Waals surface area contributed by atoms with Gasteiger partial charge >= 0.3 is 0 Å². The average Bonchev–Trinajstić information content (AvgIpc) is 2.39. The van der Waals surface area contributed by atoms with Crippen LogP contribution < -0.4 is 0 Å². The Kier molecular flexibility index (Phi) is 4.90. The van der Waals surface area contributed by atoms with E-state index in [1.54, 1.807) is 0 Å². The number of hydrogen-bond donors (Lipinski definition) is 0. The summed E-state index contributed by atoms with van der Waals surface area (Å²) in [6, 6.07) is 10.6. The minimum atomic E-state index is 0.0647. The van der Waals surface area contributed by atoms with Crippen LogP contribution in [0.25, 0.3) is 0 Å². The SMILES string of the molecule is O=C(CCl)N1CCC(I)(Cc2ccccc2)CC1. The third-order valence-electron chi connectivity index (χ3n) is 3.49. The molecule has 0 aromatic heterocycles. The Bertz CT molecular complexity index is 402. The van der Waals surface area contributed by atoms with Crippen molar-refractivity contribution >= 4 is 40.1 Å². The van der Waals surface area contributed by atoms with Crippen molar-refractivity contribution in [2.75, 3.05) is 19.0 Å². The molecule has 0 radical (unpaired) electrons. The molecule has 0 atom stereocenters. The largest absolute Gasteiger partial charge is 0.342 e. The molecule has 0 unspecified atom stereocenters. The van der Waals surface area contributed by atoms with Crippen LogP contribution in [-0.2, 0) is 11.2 Å². The monoisotopic (exact) mass is 377 g/mol. The lowest BCUT2D eigenvalue weighted by atomic mass is 9.90. The van der Waals surface area contributed by atoms with Crippen molar-refractivity contribution in [2.24, 2.45) is 0 Å². The van der Waals surface area contributed by atoms with E-state index in [1.165, 1.54) is 5.56 Å². The molecular weight excluding hydrogens is 361 g/mol. The van der Waals surface area contributed by atoms with E-state index in [2.05, 4.69) is 46.9 Å². The fraction of sp³-hybridized carbons (Fsp3) is 0.500. The van der Waals surface area contributed by atoms with Crippen LogP contribution in [0, 0.1) is 0 Å². The van der Waals surface area contributed by atoms with E-state index in [0.29, 0.717) is 0 Å². The van der Waals surface area contributed by atoms with Crippen molar-refractivity contribution in [2.45, 2.75) is 22.7 Å². The zero-order chi connectivity index (χ0) is 13.0. The highest BCUT2D eigenvalue weighted by Gasteiger charge is 2.33. The number of rotatable bonds is 3. The lowest BCUT2D eigenvalue weighted by molar-refractivity contribution is -0.129. The van der Waals surface area contributed by atoms with E-state index in [0.717, 1.165) is 32.4 Å². The van der Waals surface area contributed by atoms with E-state index in [1.807, 2.05) is 11.0 Å². The highest BCUT2D eigenvalue weighted by Crippen LogP contribution is 2.35. The summed E-state index contributed by atoms with van der Waals surface area (Å²) in [4.78, 5) is 13.4. The van der Waals surface area contributed by atoms with Crippen LogP contribution in [0.5, 0.6) is 0 Å². The van der Waals surface area contributed by atoms with E-state index in [-0.39, 0.29) is 15.2 Å². The number of halogens is 2. The molecular formula is C14H17ClINO. The molecule has 0 aliphatic carbocycles. The van der Waals surface area contributed by atoms with Crippen LogP contribution in [0.4, 0.5) is 0 Å². The van der Waals surface area contributed by atoms with Gasteiger partial charge in [-0.1, -0.05) is 52.9 Å². The van der Waals surface area contributed by atoms with Crippen LogP contribution in [0.3, 0.4) is 0 Å². The Balaban J connectivity index is 1.93. The Morgan fingerprint density at radius 2 is 1.89 bits per heavy atom. The molecule has 1 aliphatic heterocycles. The number of likely N-dealkylation sites (tertiary alicyclic amines) is 1. The van der Waals surface area contributed by atoms with Gasteiger partial charge in [0.25, 0.3) is 0 Å². The molecule has 1 amide bonds. The Hall–Kier alpha value is -0.290. The van der Waals surface area contributed by atoms with E-state index in [4.69, 9.17) is 11.6 Å². The van der Waals surface area contributed by atoms with Gasteiger partial charge in [-0.15, -0.1) is 11.6 Å². The zero-order valence-electron chi connectivity index (χ0n) is 10.2. The van der Waals surface area contributed by atoms with Crippen LogP contribution >= 0.6 is 34.2 Å². The van der Waals surface area contributed by atoms with Crippen LogP contribution in [-0.4, -0.2) is 33.2 Å². The Morgan fingerprint density at radius 1 is 1.28 bits per heavy atom. The molecule has 4 heteroatoms. The first-order valence-electron chi connectivity index (χ1n) is 6.19. The second-order valence-corrected chi connectivity index (χ2v) is 7.38.